The molecule has 7 heteroatoms. The zero-order valence-corrected chi connectivity index (χ0v) is 21.6. The fourth-order valence-electron chi connectivity index (χ4n) is 4.48. The van der Waals surface area contributed by atoms with Gasteiger partial charge in [-0.1, -0.05) is 53.7 Å². The van der Waals surface area contributed by atoms with E-state index < -0.39 is 5.41 Å². The van der Waals surface area contributed by atoms with Crippen LogP contribution < -0.4 is 10.1 Å². The summed E-state index contributed by atoms with van der Waals surface area (Å²) in [6, 6.07) is 18.3. The third kappa shape index (κ3) is 5.07. The minimum Gasteiger partial charge on any atom is -0.489 e. The van der Waals surface area contributed by atoms with E-state index in [1.54, 1.807) is 12.4 Å². The van der Waals surface area contributed by atoms with E-state index in [2.05, 4.69) is 39.7 Å². The lowest BCUT2D eigenvalue weighted by Gasteiger charge is -2.14. The topological polar surface area (TPSA) is 86.5 Å². The number of aryl methyl sites for hydroxylation is 1. The van der Waals surface area contributed by atoms with E-state index in [1.807, 2.05) is 58.0 Å². The fourth-order valence-corrected chi connectivity index (χ4v) is 4.48. The Hall–Kier alpha value is -4.13. The third-order valence-electron chi connectivity index (χ3n) is 6.55. The summed E-state index contributed by atoms with van der Waals surface area (Å²) in [6.07, 6.45) is 5.19. The highest BCUT2D eigenvalue weighted by atomic mass is 16.5. The number of hydrogen-bond acceptors (Lipinski definition) is 7. The van der Waals surface area contributed by atoms with E-state index in [-0.39, 0.29) is 12.1 Å². The summed E-state index contributed by atoms with van der Waals surface area (Å²) in [7, 11) is 0. The Labute approximate surface area is 216 Å². The van der Waals surface area contributed by atoms with Gasteiger partial charge < -0.3 is 19.3 Å². The predicted octanol–water partition coefficient (Wildman–Crippen LogP) is 6.84. The number of rotatable bonds is 9. The third-order valence-corrected chi connectivity index (χ3v) is 6.55. The average Bonchev–Trinajstić information content (AvgIpc) is 3.63. The smallest absolute Gasteiger partial charge is 0.316 e. The van der Waals surface area contributed by atoms with E-state index in [0.29, 0.717) is 18.1 Å². The summed E-state index contributed by atoms with van der Waals surface area (Å²) in [6.45, 7) is 8.11. The van der Waals surface area contributed by atoms with Gasteiger partial charge in [-0.25, -0.2) is 0 Å². The Balaban J connectivity index is 1.34. The van der Waals surface area contributed by atoms with Gasteiger partial charge in [-0.3, -0.25) is 9.78 Å². The minimum absolute atomic E-state index is 0.0621. The molecule has 1 saturated carbocycles. The fraction of sp³-hybridized carbons (Fsp3) is 0.300. The van der Waals surface area contributed by atoms with Crippen LogP contribution in [0.3, 0.4) is 0 Å². The molecule has 1 fully saturated rings. The van der Waals surface area contributed by atoms with Crippen LogP contribution in [0.1, 0.15) is 44.9 Å². The van der Waals surface area contributed by atoms with Crippen LogP contribution >= 0.6 is 0 Å². The highest BCUT2D eigenvalue weighted by Crippen LogP contribution is 2.49. The molecule has 1 aliphatic rings. The van der Waals surface area contributed by atoms with Gasteiger partial charge in [0.25, 0.3) is 0 Å². The van der Waals surface area contributed by atoms with Crippen molar-refractivity contribution < 1.29 is 18.8 Å². The number of pyridine rings is 1. The SMILES string of the molecule is CCOC(=O)C1(c2ccc(-c3ccc(-c4onc(C)c4Nc4cncc(OC(C)C)c4)cc3)cc2)CC1. The van der Waals surface area contributed by atoms with E-state index >= 15 is 0 Å². The Morgan fingerprint density at radius 2 is 1.68 bits per heavy atom. The lowest BCUT2D eigenvalue weighted by atomic mass is 9.93. The van der Waals surface area contributed by atoms with Crippen molar-refractivity contribution in [2.24, 2.45) is 0 Å². The van der Waals surface area contributed by atoms with Crippen molar-refractivity contribution in [1.29, 1.82) is 0 Å². The predicted molar refractivity (Wildman–Crippen MR) is 143 cm³/mol. The summed E-state index contributed by atoms with van der Waals surface area (Å²) >= 11 is 0. The van der Waals surface area contributed by atoms with Gasteiger partial charge in [-0.15, -0.1) is 0 Å². The number of nitrogens with one attached hydrogen (secondary N) is 1. The minimum atomic E-state index is -0.456. The first-order valence-electron chi connectivity index (χ1n) is 12.6. The highest BCUT2D eigenvalue weighted by Gasteiger charge is 2.52. The number of benzene rings is 2. The van der Waals surface area contributed by atoms with Gasteiger partial charge in [0.05, 0.1) is 36.2 Å². The van der Waals surface area contributed by atoms with Crippen molar-refractivity contribution >= 4 is 17.3 Å². The van der Waals surface area contributed by atoms with E-state index in [1.165, 1.54) is 0 Å². The monoisotopic (exact) mass is 497 g/mol. The first-order chi connectivity index (χ1) is 17.9. The molecule has 2 heterocycles. The Morgan fingerprint density at radius 3 is 2.30 bits per heavy atom. The number of hydrogen-bond donors (Lipinski definition) is 1. The molecular weight excluding hydrogens is 466 g/mol. The number of carbonyl (C=O) groups is 1. The summed E-state index contributed by atoms with van der Waals surface area (Å²) in [4.78, 5) is 16.7. The van der Waals surface area contributed by atoms with Crippen LogP contribution in [0.4, 0.5) is 11.4 Å². The second-order valence-electron chi connectivity index (χ2n) is 9.63. The molecule has 0 spiro atoms. The molecule has 4 aromatic rings. The summed E-state index contributed by atoms with van der Waals surface area (Å²) in [5, 5.41) is 7.57. The van der Waals surface area contributed by atoms with Gasteiger partial charge in [0.15, 0.2) is 5.76 Å². The summed E-state index contributed by atoms with van der Waals surface area (Å²) in [5.74, 6) is 1.23. The van der Waals surface area contributed by atoms with Crippen molar-refractivity contribution in [1.82, 2.24) is 10.1 Å². The molecule has 0 aliphatic heterocycles. The van der Waals surface area contributed by atoms with Gasteiger partial charge in [0.2, 0.25) is 0 Å². The van der Waals surface area contributed by atoms with E-state index in [9.17, 15) is 4.79 Å². The standard InChI is InChI=1S/C30H31N3O4/c1-5-35-29(34)30(14-15-30)24-12-10-22(11-13-24)21-6-8-23(9-7-21)28-27(20(4)33-37-28)32-25-16-26(18-31-17-25)36-19(2)3/h6-13,16-19,32H,5,14-15H2,1-4H3. The van der Waals surface area contributed by atoms with Gasteiger partial charge in [-0.05, 0) is 57.2 Å². The highest BCUT2D eigenvalue weighted by molar-refractivity contribution is 5.87. The lowest BCUT2D eigenvalue weighted by Crippen LogP contribution is -2.23. The second kappa shape index (κ2) is 10.1. The first kappa shape index (κ1) is 24.6. The number of carbonyl (C=O) groups excluding carboxylic acids is 1. The van der Waals surface area contributed by atoms with E-state index in [4.69, 9.17) is 14.0 Å². The molecule has 1 aliphatic carbocycles. The molecule has 0 bridgehead atoms. The zero-order chi connectivity index (χ0) is 26.0. The molecule has 37 heavy (non-hydrogen) atoms. The zero-order valence-electron chi connectivity index (χ0n) is 21.6. The largest absolute Gasteiger partial charge is 0.489 e. The number of anilines is 2. The van der Waals surface area contributed by atoms with Crippen molar-refractivity contribution in [2.75, 3.05) is 11.9 Å². The van der Waals surface area contributed by atoms with E-state index in [0.717, 1.165) is 52.2 Å². The van der Waals surface area contributed by atoms with Crippen molar-refractivity contribution in [2.45, 2.75) is 52.1 Å². The van der Waals surface area contributed by atoms with Crippen molar-refractivity contribution in [3.05, 3.63) is 78.2 Å². The van der Waals surface area contributed by atoms with Gasteiger partial charge in [-0.2, -0.15) is 0 Å². The van der Waals surface area contributed by atoms with Gasteiger partial charge >= 0.3 is 5.97 Å². The van der Waals surface area contributed by atoms with Crippen LogP contribution in [0, 0.1) is 6.92 Å². The molecule has 2 aromatic carbocycles. The van der Waals surface area contributed by atoms with Crippen LogP contribution in [0.5, 0.6) is 5.75 Å². The van der Waals surface area contributed by atoms with Crippen LogP contribution in [0.15, 0.2) is 71.5 Å². The number of ether oxygens (including phenoxy) is 2. The molecule has 0 saturated heterocycles. The van der Waals surface area contributed by atoms with Crippen molar-refractivity contribution in [3.63, 3.8) is 0 Å². The van der Waals surface area contributed by atoms with Crippen molar-refractivity contribution in [3.8, 4) is 28.2 Å². The Morgan fingerprint density at radius 1 is 1.03 bits per heavy atom. The first-order valence-corrected chi connectivity index (χ1v) is 12.6. The molecule has 0 unspecified atom stereocenters. The molecule has 190 valence electrons. The maximum atomic E-state index is 12.4. The maximum Gasteiger partial charge on any atom is 0.316 e. The molecule has 2 aromatic heterocycles. The number of aromatic nitrogens is 2. The van der Waals surface area contributed by atoms with Gasteiger partial charge in [0, 0.05) is 11.6 Å². The number of esters is 1. The molecule has 7 nitrogen and oxygen atoms in total. The summed E-state index contributed by atoms with van der Waals surface area (Å²) < 4.78 is 16.7. The Kier molecular flexibility index (Phi) is 6.70. The second-order valence-corrected chi connectivity index (χ2v) is 9.63. The van der Waals surface area contributed by atoms with Gasteiger partial charge in [0.1, 0.15) is 17.1 Å². The Bertz CT molecular complexity index is 1390. The van der Waals surface area contributed by atoms with Crippen LogP contribution in [0.25, 0.3) is 22.5 Å². The quantitative estimate of drug-likeness (QED) is 0.253. The maximum absolute atomic E-state index is 12.4. The molecule has 0 radical (unpaired) electrons. The lowest BCUT2D eigenvalue weighted by molar-refractivity contribution is -0.146. The van der Waals surface area contributed by atoms with Crippen LogP contribution in [-0.2, 0) is 14.9 Å². The normalized spacial score (nSPS) is 13.9. The molecule has 5 rings (SSSR count). The molecule has 1 N–H and O–H groups in total. The average molecular weight is 498 g/mol. The van der Waals surface area contributed by atoms with Crippen LogP contribution in [0.2, 0.25) is 0 Å². The summed E-state index contributed by atoms with van der Waals surface area (Å²) in [5.41, 5.74) is 5.96. The molecule has 0 atom stereocenters. The van der Waals surface area contributed by atoms with Crippen LogP contribution in [-0.4, -0.2) is 28.8 Å². The molecular formula is C30H31N3O4. The number of nitrogens with zero attached hydrogens (tertiary/aromatic N) is 2. The molecule has 0 amide bonds.